The van der Waals surface area contributed by atoms with Crippen LogP contribution in [0.2, 0.25) is 0 Å². The van der Waals surface area contributed by atoms with Crippen molar-refractivity contribution >= 4 is 23.0 Å². The molecular formula is C11H17N5S. The standard InChI is InChI=1S/C11H17N5S/c1-15(2)8-4-6-16(7-8)11-9(10(12)17)3-5-13-14-11/h3,5,8H,4,6-7H2,1-2H3,(H2,12,17). The van der Waals surface area contributed by atoms with Crippen molar-refractivity contribution < 1.29 is 0 Å². The Morgan fingerprint density at radius 1 is 1.59 bits per heavy atom. The first-order valence-corrected chi connectivity index (χ1v) is 6.03. The molecule has 0 bridgehead atoms. The highest BCUT2D eigenvalue weighted by molar-refractivity contribution is 7.80. The quantitative estimate of drug-likeness (QED) is 0.777. The molecule has 1 aromatic rings. The second-order valence-corrected chi connectivity index (χ2v) is 4.92. The number of anilines is 1. The number of aromatic nitrogens is 2. The van der Waals surface area contributed by atoms with Crippen LogP contribution >= 0.6 is 12.2 Å². The predicted octanol–water partition coefficient (Wildman–Crippen LogP) is 0.251. The fourth-order valence-corrected chi connectivity index (χ4v) is 2.27. The van der Waals surface area contributed by atoms with E-state index in [1.54, 1.807) is 6.20 Å². The number of likely N-dealkylation sites (N-methyl/N-ethyl adjacent to an activating group) is 1. The second kappa shape index (κ2) is 4.93. The molecule has 2 rings (SSSR count). The minimum atomic E-state index is 0.378. The van der Waals surface area contributed by atoms with E-state index in [0.717, 1.165) is 30.9 Å². The van der Waals surface area contributed by atoms with Crippen LogP contribution in [-0.4, -0.2) is 53.3 Å². The Bertz CT molecular complexity index is 420. The van der Waals surface area contributed by atoms with E-state index in [4.69, 9.17) is 18.0 Å². The Labute approximate surface area is 107 Å². The van der Waals surface area contributed by atoms with Crippen LogP contribution in [0.5, 0.6) is 0 Å². The summed E-state index contributed by atoms with van der Waals surface area (Å²) in [6.45, 7) is 1.92. The van der Waals surface area contributed by atoms with Gasteiger partial charge in [-0.15, -0.1) is 5.10 Å². The lowest BCUT2D eigenvalue weighted by atomic mass is 10.2. The van der Waals surface area contributed by atoms with Gasteiger partial charge >= 0.3 is 0 Å². The maximum absolute atomic E-state index is 5.70. The Morgan fingerprint density at radius 3 is 2.94 bits per heavy atom. The first kappa shape index (κ1) is 12.2. The Balaban J connectivity index is 2.21. The molecule has 17 heavy (non-hydrogen) atoms. The number of thiocarbonyl (C=S) groups is 1. The summed E-state index contributed by atoms with van der Waals surface area (Å²) in [5.41, 5.74) is 6.52. The van der Waals surface area contributed by atoms with Gasteiger partial charge in [0.25, 0.3) is 0 Å². The van der Waals surface area contributed by atoms with Crippen molar-refractivity contribution in [3.05, 3.63) is 17.8 Å². The monoisotopic (exact) mass is 251 g/mol. The van der Waals surface area contributed by atoms with Gasteiger partial charge in [-0.2, -0.15) is 5.10 Å². The maximum atomic E-state index is 5.70. The van der Waals surface area contributed by atoms with Crippen LogP contribution in [0.1, 0.15) is 12.0 Å². The van der Waals surface area contributed by atoms with E-state index in [9.17, 15) is 0 Å². The molecule has 1 aliphatic rings. The molecule has 0 aromatic carbocycles. The van der Waals surface area contributed by atoms with E-state index in [2.05, 4.69) is 34.1 Å². The highest BCUT2D eigenvalue weighted by atomic mass is 32.1. The van der Waals surface area contributed by atoms with Crippen molar-refractivity contribution in [2.45, 2.75) is 12.5 Å². The summed E-state index contributed by atoms with van der Waals surface area (Å²) >= 11 is 5.04. The van der Waals surface area contributed by atoms with Crippen LogP contribution < -0.4 is 10.6 Å². The summed E-state index contributed by atoms with van der Waals surface area (Å²) < 4.78 is 0. The van der Waals surface area contributed by atoms with Gasteiger partial charge in [0.2, 0.25) is 0 Å². The van der Waals surface area contributed by atoms with Gasteiger partial charge in [0.1, 0.15) is 4.99 Å². The van der Waals surface area contributed by atoms with Gasteiger partial charge < -0.3 is 15.5 Å². The van der Waals surface area contributed by atoms with Gasteiger partial charge in [-0.3, -0.25) is 0 Å². The number of rotatable bonds is 3. The third-order valence-electron chi connectivity index (χ3n) is 3.16. The molecule has 0 amide bonds. The Morgan fingerprint density at radius 2 is 2.35 bits per heavy atom. The zero-order valence-electron chi connectivity index (χ0n) is 10.1. The zero-order chi connectivity index (χ0) is 12.4. The summed E-state index contributed by atoms with van der Waals surface area (Å²) in [4.78, 5) is 4.81. The molecule has 0 saturated carbocycles. The molecule has 92 valence electrons. The van der Waals surface area contributed by atoms with Crippen LogP contribution in [-0.2, 0) is 0 Å². The molecular weight excluding hydrogens is 234 g/mol. The lowest BCUT2D eigenvalue weighted by molar-refractivity contribution is 0.315. The third-order valence-corrected chi connectivity index (χ3v) is 3.38. The average Bonchev–Trinajstić information content (AvgIpc) is 2.78. The summed E-state index contributed by atoms with van der Waals surface area (Å²) in [6.07, 6.45) is 2.75. The molecule has 1 aliphatic heterocycles. The van der Waals surface area contributed by atoms with Gasteiger partial charge in [0.05, 0.1) is 11.8 Å². The molecule has 1 fully saturated rings. The first-order chi connectivity index (χ1) is 8.09. The van der Waals surface area contributed by atoms with Crippen molar-refractivity contribution in [2.24, 2.45) is 5.73 Å². The smallest absolute Gasteiger partial charge is 0.161 e. The van der Waals surface area contributed by atoms with Crippen LogP contribution in [0.25, 0.3) is 0 Å². The van der Waals surface area contributed by atoms with Crippen molar-refractivity contribution in [1.29, 1.82) is 0 Å². The highest BCUT2D eigenvalue weighted by Crippen LogP contribution is 2.22. The van der Waals surface area contributed by atoms with Gasteiger partial charge in [-0.25, -0.2) is 0 Å². The van der Waals surface area contributed by atoms with Crippen LogP contribution in [0, 0.1) is 0 Å². The minimum absolute atomic E-state index is 0.378. The topological polar surface area (TPSA) is 58.3 Å². The predicted molar refractivity (Wildman–Crippen MR) is 72.2 cm³/mol. The van der Waals surface area contributed by atoms with Gasteiger partial charge in [-0.1, -0.05) is 12.2 Å². The van der Waals surface area contributed by atoms with E-state index < -0.39 is 0 Å². The first-order valence-electron chi connectivity index (χ1n) is 5.62. The zero-order valence-corrected chi connectivity index (χ0v) is 10.9. The summed E-state index contributed by atoms with van der Waals surface area (Å²) in [6, 6.07) is 2.38. The lowest BCUT2D eigenvalue weighted by Crippen LogP contribution is -2.32. The van der Waals surface area contributed by atoms with Gasteiger partial charge in [-0.05, 0) is 26.6 Å². The van der Waals surface area contributed by atoms with E-state index in [1.165, 1.54) is 0 Å². The van der Waals surface area contributed by atoms with Crippen molar-refractivity contribution in [3.63, 3.8) is 0 Å². The SMILES string of the molecule is CN(C)C1CCN(c2nnccc2C(N)=S)C1. The van der Waals surface area contributed by atoms with Crippen LogP contribution in [0.3, 0.4) is 0 Å². The van der Waals surface area contributed by atoms with Crippen molar-refractivity contribution in [1.82, 2.24) is 15.1 Å². The molecule has 6 heteroatoms. The van der Waals surface area contributed by atoms with Crippen LogP contribution in [0.15, 0.2) is 12.3 Å². The van der Waals surface area contributed by atoms with E-state index in [1.807, 2.05) is 6.07 Å². The normalized spacial score (nSPS) is 19.9. The van der Waals surface area contributed by atoms with Crippen LogP contribution in [0.4, 0.5) is 5.82 Å². The number of hydrogen-bond acceptors (Lipinski definition) is 5. The highest BCUT2D eigenvalue weighted by Gasteiger charge is 2.26. The largest absolute Gasteiger partial charge is 0.389 e. The minimum Gasteiger partial charge on any atom is -0.389 e. The lowest BCUT2D eigenvalue weighted by Gasteiger charge is -2.22. The fraction of sp³-hybridized carbons (Fsp3) is 0.545. The molecule has 2 N–H and O–H groups in total. The fourth-order valence-electron chi connectivity index (χ4n) is 2.11. The van der Waals surface area contributed by atoms with Gasteiger partial charge in [0, 0.05) is 19.1 Å². The number of nitrogens with two attached hydrogens (primary N) is 1. The molecule has 1 aromatic heterocycles. The second-order valence-electron chi connectivity index (χ2n) is 4.48. The van der Waals surface area contributed by atoms with Crippen molar-refractivity contribution in [3.8, 4) is 0 Å². The number of hydrogen-bond donors (Lipinski definition) is 1. The third kappa shape index (κ3) is 2.53. The van der Waals surface area contributed by atoms with E-state index in [0.29, 0.717) is 11.0 Å². The average molecular weight is 251 g/mol. The summed E-state index contributed by atoms with van der Waals surface area (Å²) in [7, 11) is 4.19. The number of nitrogens with zero attached hydrogens (tertiary/aromatic N) is 4. The molecule has 5 nitrogen and oxygen atoms in total. The molecule has 2 heterocycles. The molecule has 0 radical (unpaired) electrons. The van der Waals surface area contributed by atoms with E-state index >= 15 is 0 Å². The van der Waals surface area contributed by atoms with E-state index in [-0.39, 0.29) is 0 Å². The Hall–Kier alpha value is -1.27. The molecule has 1 unspecified atom stereocenters. The van der Waals surface area contributed by atoms with Gasteiger partial charge in [0.15, 0.2) is 5.82 Å². The molecule has 1 atom stereocenters. The molecule has 1 saturated heterocycles. The van der Waals surface area contributed by atoms with Crippen molar-refractivity contribution in [2.75, 3.05) is 32.1 Å². The molecule has 0 spiro atoms. The summed E-state index contributed by atoms with van der Waals surface area (Å²) in [5, 5.41) is 8.09. The Kier molecular flexibility index (Phi) is 3.54. The molecule has 0 aliphatic carbocycles. The summed E-state index contributed by atoms with van der Waals surface area (Å²) in [5.74, 6) is 0.810. The maximum Gasteiger partial charge on any atom is 0.161 e.